The Morgan fingerprint density at radius 3 is 2.60 bits per heavy atom. The molecule has 6 nitrogen and oxygen atoms in total. The van der Waals surface area contributed by atoms with Gasteiger partial charge in [0.2, 0.25) is 0 Å². The minimum absolute atomic E-state index is 0.0651. The second kappa shape index (κ2) is 6.23. The number of carboxylic acids is 1. The number of nitrogens with zero attached hydrogens (tertiary/aromatic N) is 1. The minimum atomic E-state index is -1.08. The van der Waals surface area contributed by atoms with Crippen LogP contribution in [-0.4, -0.2) is 41.1 Å². The van der Waals surface area contributed by atoms with Gasteiger partial charge in [-0.3, -0.25) is 0 Å². The molecule has 1 aliphatic rings. The van der Waals surface area contributed by atoms with Crippen molar-refractivity contribution in [2.24, 2.45) is 5.73 Å². The smallest absolute Gasteiger partial charge is 0.337 e. The lowest BCUT2D eigenvalue weighted by Gasteiger charge is -2.30. The molecular formula is C13H16BrN3O3. The molecule has 1 aromatic rings. The Morgan fingerprint density at radius 1 is 1.35 bits per heavy atom. The average molecular weight is 342 g/mol. The van der Waals surface area contributed by atoms with E-state index in [-0.39, 0.29) is 23.3 Å². The predicted molar refractivity (Wildman–Crippen MR) is 78.9 cm³/mol. The molecule has 108 valence electrons. The Bertz CT molecular complexity index is 528. The van der Waals surface area contributed by atoms with Gasteiger partial charge in [0.25, 0.3) is 0 Å². The van der Waals surface area contributed by atoms with Gasteiger partial charge in [-0.05, 0) is 31.0 Å². The summed E-state index contributed by atoms with van der Waals surface area (Å²) in [4.78, 5) is 24.9. The number of nitrogens with two attached hydrogens (primary N) is 1. The van der Waals surface area contributed by atoms with E-state index in [0.29, 0.717) is 17.6 Å². The fourth-order valence-corrected chi connectivity index (χ4v) is 2.46. The average Bonchev–Trinajstić information content (AvgIpc) is 2.39. The first kappa shape index (κ1) is 14.8. The normalized spacial score (nSPS) is 16.0. The summed E-state index contributed by atoms with van der Waals surface area (Å²) in [5, 5.41) is 11.8. The molecule has 1 heterocycles. The zero-order valence-electron chi connectivity index (χ0n) is 10.8. The maximum absolute atomic E-state index is 12.1. The molecule has 1 aliphatic heterocycles. The molecule has 1 aromatic carbocycles. The van der Waals surface area contributed by atoms with Gasteiger partial charge in [0.15, 0.2) is 0 Å². The third-order valence-electron chi connectivity index (χ3n) is 3.28. The SMILES string of the molecule is NC1CCN(C(=O)Nc2cc(Br)ccc2C(=O)O)CC1. The lowest BCUT2D eigenvalue weighted by Crippen LogP contribution is -2.44. The number of likely N-dealkylation sites (tertiary alicyclic amines) is 1. The van der Waals surface area contributed by atoms with Crippen molar-refractivity contribution >= 4 is 33.6 Å². The first-order chi connectivity index (χ1) is 9.47. The van der Waals surface area contributed by atoms with Crippen molar-refractivity contribution in [1.82, 2.24) is 4.90 Å². The summed E-state index contributed by atoms with van der Waals surface area (Å²) in [6.45, 7) is 1.17. The number of piperidine rings is 1. The van der Waals surface area contributed by atoms with Crippen LogP contribution in [0.15, 0.2) is 22.7 Å². The number of halogens is 1. The van der Waals surface area contributed by atoms with E-state index in [2.05, 4.69) is 21.2 Å². The molecule has 1 saturated heterocycles. The number of nitrogens with one attached hydrogen (secondary N) is 1. The highest BCUT2D eigenvalue weighted by Crippen LogP contribution is 2.22. The highest BCUT2D eigenvalue weighted by Gasteiger charge is 2.22. The van der Waals surface area contributed by atoms with Gasteiger partial charge in [0.1, 0.15) is 0 Å². The van der Waals surface area contributed by atoms with Crippen LogP contribution in [0.3, 0.4) is 0 Å². The van der Waals surface area contributed by atoms with E-state index in [0.717, 1.165) is 12.8 Å². The molecule has 0 aromatic heterocycles. The van der Waals surface area contributed by atoms with Crippen LogP contribution < -0.4 is 11.1 Å². The Kier molecular flexibility index (Phi) is 4.61. The zero-order valence-corrected chi connectivity index (χ0v) is 12.4. The van der Waals surface area contributed by atoms with Gasteiger partial charge in [0.05, 0.1) is 11.3 Å². The standard InChI is InChI=1S/C13H16BrN3O3/c14-8-1-2-10(12(18)19)11(7-8)16-13(20)17-5-3-9(15)4-6-17/h1-2,7,9H,3-6,15H2,(H,16,20)(H,18,19). The number of urea groups is 1. The van der Waals surface area contributed by atoms with Gasteiger partial charge in [0, 0.05) is 23.6 Å². The summed E-state index contributed by atoms with van der Waals surface area (Å²) in [7, 11) is 0. The third kappa shape index (κ3) is 3.49. The number of amides is 2. The van der Waals surface area contributed by atoms with E-state index in [9.17, 15) is 9.59 Å². The fourth-order valence-electron chi connectivity index (χ4n) is 2.10. The van der Waals surface area contributed by atoms with E-state index in [1.165, 1.54) is 6.07 Å². The summed E-state index contributed by atoms with van der Waals surface area (Å²) in [6, 6.07) is 4.50. The Morgan fingerprint density at radius 2 is 2.00 bits per heavy atom. The van der Waals surface area contributed by atoms with E-state index in [4.69, 9.17) is 10.8 Å². The zero-order chi connectivity index (χ0) is 14.7. The van der Waals surface area contributed by atoms with Gasteiger partial charge in [-0.15, -0.1) is 0 Å². The van der Waals surface area contributed by atoms with E-state index in [1.54, 1.807) is 17.0 Å². The summed E-state index contributed by atoms with van der Waals surface area (Å²) in [5.74, 6) is -1.08. The van der Waals surface area contributed by atoms with Gasteiger partial charge < -0.3 is 21.1 Å². The molecule has 0 bridgehead atoms. The number of hydrogen-bond acceptors (Lipinski definition) is 3. The molecule has 2 amide bonds. The number of anilines is 1. The second-order valence-corrected chi connectivity index (χ2v) is 5.67. The van der Waals surface area contributed by atoms with Crippen LogP contribution in [0.25, 0.3) is 0 Å². The number of carboxylic acid groups (broad SMARTS) is 1. The van der Waals surface area contributed by atoms with Crippen LogP contribution in [-0.2, 0) is 0 Å². The Hall–Kier alpha value is -1.60. The predicted octanol–water partition coefficient (Wildman–Crippen LogP) is 2.10. The molecule has 2 rings (SSSR count). The van der Waals surface area contributed by atoms with Crippen molar-refractivity contribution < 1.29 is 14.7 Å². The molecule has 0 aliphatic carbocycles. The first-order valence-electron chi connectivity index (χ1n) is 6.31. The van der Waals surface area contributed by atoms with Gasteiger partial charge >= 0.3 is 12.0 Å². The van der Waals surface area contributed by atoms with E-state index < -0.39 is 5.97 Å². The van der Waals surface area contributed by atoms with E-state index >= 15 is 0 Å². The van der Waals surface area contributed by atoms with Crippen LogP contribution >= 0.6 is 15.9 Å². The summed E-state index contributed by atoms with van der Waals surface area (Å²) < 4.78 is 0.707. The molecule has 20 heavy (non-hydrogen) atoms. The summed E-state index contributed by atoms with van der Waals surface area (Å²) in [6.07, 6.45) is 1.52. The number of carbonyl (C=O) groups excluding carboxylic acids is 1. The van der Waals surface area contributed by atoms with Crippen LogP contribution in [0.4, 0.5) is 10.5 Å². The van der Waals surface area contributed by atoms with E-state index in [1.807, 2.05) is 0 Å². The first-order valence-corrected chi connectivity index (χ1v) is 7.11. The topological polar surface area (TPSA) is 95.7 Å². The van der Waals surface area contributed by atoms with Crippen molar-refractivity contribution in [2.45, 2.75) is 18.9 Å². The lowest BCUT2D eigenvalue weighted by molar-refractivity contribution is 0.0698. The lowest BCUT2D eigenvalue weighted by atomic mass is 10.1. The van der Waals surface area contributed by atoms with Gasteiger partial charge in [-0.25, -0.2) is 9.59 Å². The second-order valence-electron chi connectivity index (χ2n) is 4.75. The van der Waals surface area contributed by atoms with Crippen LogP contribution in [0, 0.1) is 0 Å². The summed E-state index contributed by atoms with van der Waals surface area (Å²) in [5.41, 5.74) is 6.14. The quantitative estimate of drug-likeness (QED) is 0.767. The minimum Gasteiger partial charge on any atom is -0.478 e. The Labute approximate surface area is 125 Å². The van der Waals surface area contributed by atoms with Gasteiger partial charge in [-0.2, -0.15) is 0 Å². The van der Waals surface area contributed by atoms with Gasteiger partial charge in [-0.1, -0.05) is 15.9 Å². The maximum atomic E-state index is 12.1. The number of rotatable bonds is 2. The fraction of sp³-hybridized carbons (Fsp3) is 0.385. The molecule has 7 heteroatoms. The summed E-state index contributed by atoms with van der Waals surface area (Å²) >= 11 is 3.26. The Balaban J connectivity index is 2.11. The van der Waals surface area contributed by atoms with Crippen molar-refractivity contribution in [3.63, 3.8) is 0 Å². The van der Waals surface area contributed by atoms with Crippen LogP contribution in [0.2, 0.25) is 0 Å². The number of carbonyl (C=O) groups is 2. The highest BCUT2D eigenvalue weighted by molar-refractivity contribution is 9.10. The molecular weight excluding hydrogens is 326 g/mol. The molecule has 0 saturated carbocycles. The van der Waals surface area contributed by atoms with Crippen molar-refractivity contribution in [1.29, 1.82) is 0 Å². The third-order valence-corrected chi connectivity index (χ3v) is 3.77. The maximum Gasteiger partial charge on any atom is 0.337 e. The highest BCUT2D eigenvalue weighted by atomic mass is 79.9. The molecule has 4 N–H and O–H groups in total. The number of benzene rings is 1. The number of hydrogen-bond donors (Lipinski definition) is 3. The molecule has 0 unspecified atom stereocenters. The monoisotopic (exact) mass is 341 g/mol. The van der Waals surface area contributed by atoms with Crippen molar-refractivity contribution in [2.75, 3.05) is 18.4 Å². The van der Waals surface area contributed by atoms with Crippen LogP contribution in [0.1, 0.15) is 23.2 Å². The number of aromatic carboxylic acids is 1. The van der Waals surface area contributed by atoms with Crippen molar-refractivity contribution in [3.05, 3.63) is 28.2 Å². The molecule has 0 atom stereocenters. The van der Waals surface area contributed by atoms with Crippen LogP contribution in [0.5, 0.6) is 0 Å². The largest absolute Gasteiger partial charge is 0.478 e. The molecule has 0 radical (unpaired) electrons. The van der Waals surface area contributed by atoms with Crippen molar-refractivity contribution in [3.8, 4) is 0 Å². The molecule has 1 fully saturated rings. The molecule has 0 spiro atoms.